The van der Waals surface area contributed by atoms with E-state index in [9.17, 15) is 19.5 Å². The first-order chi connectivity index (χ1) is 16.4. The minimum atomic E-state index is -1.03. The monoisotopic (exact) mass is 469 g/mol. The number of likely N-dealkylation sites (tertiary alicyclic amines) is 1. The molecule has 2 aromatic carbocycles. The molecular weight excluding hydrogens is 438 g/mol. The van der Waals surface area contributed by atoms with Crippen molar-refractivity contribution < 1.29 is 29.0 Å². The zero-order chi connectivity index (χ0) is 24.3. The Bertz CT molecular complexity index is 951. The summed E-state index contributed by atoms with van der Waals surface area (Å²) in [6.07, 6.45) is 1.90. The lowest BCUT2D eigenvalue weighted by atomic mass is 10.2. The Balaban J connectivity index is 1.56. The van der Waals surface area contributed by atoms with E-state index in [0.29, 0.717) is 43.3 Å². The van der Waals surface area contributed by atoms with Gasteiger partial charge in [-0.2, -0.15) is 0 Å². The van der Waals surface area contributed by atoms with Gasteiger partial charge in [0, 0.05) is 18.8 Å². The lowest BCUT2D eigenvalue weighted by Gasteiger charge is -2.25. The third kappa shape index (κ3) is 7.68. The fourth-order valence-electron chi connectivity index (χ4n) is 3.64. The van der Waals surface area contributed by atoms with Gasteiger partial charge in [0.05, 0.1) is 19.2 Å². The van der Waals surface area contributed by atoms with Gasteiger partial charge in [-0.05, 0) is 49.2 Å². The number of alkyl carbamates (subject to hydrolysis) is 1. The molecule has 1 aliphatic heterocycles. The average molecular weight is 470 g/mol. The molecule has 182 valence electrons. The number of amides is 2. The minimum absolute atomic E-state index is 0.0845. The fraction of sp³-hybridized carbons (Fsp3) is 0.400. The molecule has 1 saturated heterocycles. The van der Waals surface area contributed by atoms with E-state index in [2.05, 4.69) is 5.32 Å². The minimum Gasteiger partial charge on any atom is -0.480 e. The molecule has 3 rings (SSSR count). The number of benzene rings is 2. The first-order valence-electron chi connectivity index (χ1n) is 11.5. The summed E-state index contributed by atoms with van der Waals surface area (Å²) in [5.41, 5.74) is 0.601. The van der Waals surface area contributed by atoms with Crippen LogP contribution in [0.5, 0.6) is 11.5 Å². The summed E-state index contributed by atoms with van der Waals surface area (Å²) in [6.45, 7) is 2.85. The highest BCUT2D eigenvalue weighted by Gasteiger charge is 2.29. The number of hydrogen-bond donors (Lipinski definition) is 2. The molecule has 2 aromatic rings. The molecule has 0 bridgehead atoms. The molecule has 1 aliphatic rings. The number of ether oxygens (including phenoxy) is 2. The Morgan fingerprint density at radius 3 is 2.44 bits per heavy atom. The number of nitrogens with zero attached hydrogens (tertiary/aromatic N) is 2. The first kappa shape index (κ1) is 24.9. The number of rotatable bonds is 11. The van der Waals surface area contributed by atoms with Gasteiger partial charge in [0.2, 0.25) is 5.91 Å². The topological polar surface area (TPSA) is 108 Å². The Morgan fingerprint density at radius 1 is 1.06 bits per heavy atom. The molecular formula is C25H31N3O6. The lowest BCUT2D eigenvalue weighted by molar-refractivity contribution is -0.135. The van der Waals surface area contributed by atoms with Crippen molar-refractivity contribution in [1.29, 1.82) is 0 Å². The van der Waals surface area contributed by atoms with Crippen LogP contribution in [0, 0.1) is 0 Å². The van der Waals surface area contributed by atoms with Crippen molar-refractivity contribution in [2.45, 2.75) is 32.2 Å². The van der Waals surface area contributed by atoms with Gasteiger partial charge in [-0.3, -0.25) is 9.59 Å². The quantitative estimate of drug-likeness (QED) is 0.485. The van der Waals surface area contributed by atoms with E-state index in [1.807, 2.05) is 37.3 Å². The zero-order valence-electron chi connectivity index (χ0n) is 19.3. The summed E-state index contributed by atoms with van der Waals surface area (Å²) in [5, 5.41) is 12.1. The Labute approximate surface area is 199 Å². The lowest BCUT2D eigenvalue weighted by Crippen LogP contribution is -2.43. The standard InChI is InChI=1S/C25H31N3O6/c1-2-3-15-33-25(32)26-19-13-14-27(16-19)23(29)17-28(18-24(30)31)20-9-11-22(12-10-20)34-21-7-5-4-6-8-21/h4-12,19H,2-3,13-18H2,1H3,(H,26,32)(H,30,31). The van der Waals surface area contributed by atoms with Crippen LogP contribution in [0.3, 0.4) is 0 Å². The van der Waals surface area contributed by atoms with Gasteiger partial charge in [-0.25, -0.2) is 4.79 Å². The second-order valence-corrected chi connectivity index (χ2v) is 8.12. The first-order valence-corrected chi connectivity index (χ1v) is 11.5. The van der Waals surface area contributed by atoms with Crippen molar-refractivity contribution in [3.05, 3.63) is 54.6 Å². The molecule has 0 aromatic heterocycles. The maximum Gasteiger partial charge on any atom is 0.407 e. The van der Waals surface area contributed by atoms with Gasteiger partial charge in [0.25, 0.3) is 0 Å². The van der Waals surface area contributed by atoms with Gasteiger partial charge in [0.1, 0.15) is 18.0 Å². The van der Waals surface area contributed by atoms with Crippen LogP contribution in [0.2, 0.25) is 0 Å². The second-order valence-electron chi connectivity index (χ2n) is 8.12. The van der Waals surface area contributed by atoms with Crippen LogP contribution in [0.15, 0.2) is 54.6 Å². The van der Waals surface area contributed by atoms with E-state index in [1.165, 1.54) is 4.90 Å². The summed E-state index contributed by atoms with van der Waals surface area (Å²) < 4.78 is 10.9. The summed E-state index contributed by atoms with van der Waals surface area (Å²) in [5.74, 6) is 0.0674. The number of nitrogens with one attached hydrogen (secondary N) is 1. The van der Waals surface area contributed by atoms with Crippen LogP contribution in [0.25, 0.3) is 0 Å². The van der Waals surface area contributed by atoms with Crippen LogP contribution >= 0.6 is 0 Å². The SMILES string of the molecule is CCCCOC(=O)NC1CCN(C(=O)CN(CC(=O)O)c2ccc(Oc3ccccc3)cc2)C1. The number of aliphatic carboxylic acids is 1. The number of anilines is 1. The highest BCUT2D eigenvalue weighted by molar-refractivity contribution is 5.84. The normalized spacial score (nSPS) is 15.0. The maximum absolute atomic E-state index is 12.9. The molecule has 9 heteroatoms. The smallest absolute Gasteiger partial charge is 0.407 e. The Kier molecular flexibility index (Phi) is 9.13. The molecule has 2 N–H and O–H groups in total. The van der Waals surface area contributed by atoms with Crippen molar-refractivity contribution in [2.75, 3.05) is 37.7 Å². The molecule has 0 radical (unpaired) electrons. The third-order valence-corrected chi connectivity index (χ3v) is 5.43. The molecule has 34 heavy (non-hydrogen) atoms. The number of carbonyl (C=O) groups is 3. The molecule has 0 saturated carbocycles. The van der Waals surface area contributed by atoms with Crippen LogP contribution in [0.1, 0.15) is 26.2 Å². The number of carbonyl (C=O) groups excluding carboxylic acids is 2. The van der Waals surface area contributed by atoms with Gasteiger partial charge >= 0.3 is 12.1 Å². The molecule has 9 nitrogen and oxygen atoms in total. The van der Waals surface area contributed by atoms with Gasteiger partial charge in [-0.15, -0.1) is 0 Å². The van der Waals surface area contributed by atoms with Crippen molar-refractivity contribution in [2.24, 2.45) is 0 Å². The van der Waals surface area contributed by atoms with Crippen molar-refractivity contribution in [1.82, 2.24) is 10.2 Å². The Hall–Kier alpha value is -3.75. The third-order valence-electron chi connectivity index (χ3n) is 5.43. The van der Waals surface area contributed by atoms with Gasteiger partial charge in [-0.1, -0.05) is 31.5 Å². The summed E-state index contributed by atoms with van der Waals surface area (Å²) in [6, 6.07) is 16.1. The highest BCUT2D eigenvalue weighted by Crippen LogP contribution is 2.24. The predicted molar refractivity (Wildman–Crippen MR) is 127 cm³/mol. The van der Waals surface area contributed by atoms with Crippen LogP contribution < -0.4 is 15.0 Å². The summed E-state index contributed by atoms with van der Waals surface area (Å²) >= 11 is 0. The number of carboxylic acid groups (broad SMARTS) is 1. The average Bonchev–Trinajstić information content (AvgIpc) is 3.28. The van der Waals surface area contributed by atoms with E-state index in [1.54, 1.807) is 29.2 Å². The van der Waals surface area contributed by atoms with E-state index in [-0.39, 0.29) is 25.0 Å². The number of hydrogen-bond acceptors (Lipinski definition) is 6. The number of unbranched alkanes of at least 4 members (excludes halogenated alkanes) is 1. The van der Waals surface area contributed by atoms with Gasteiger partial charge < -0.3 is 29.7 Å². The fourth-order valence-corrected chi connectivity index (χ4v) is 3.64. The van der Waals surface area contributed by atoms with E-state index in [4.69, 9.17) is 9.47 Å². The molecule has 0 spiro atoms. The maximum atomic E-state index is 12.9. The van der Waals surface area contributed by atoms with Crippen molar-refractivity contribution in [3.8, 4) is 11.5 Å². The van der Waals surface area contributed by atoms with Crippen LogP contribution in [-0.2, 0) is 14.3 Å². The molecule has 1 atom stereocenters. The molecule has 2 amide bonds. The molecule has 1 heterocycles. The largest absolute Gasteiger partial charge is 0.480 e. The van der Waals surface area contributed by atoms with Crippen LogP contribution in [-0.4, -0.2) is 66.8 Å². The molecule has 0 aliphatic carbocycles. The molecule has 1 fully saturated rings. The number of carboxylic acids is 1. The summed E-state index contributed by atoms with van der Waals surface area (Å²) in [4.78, 5) is 39.3. The Morgan fingerprint density at radius 2 is 1.76 bits per heavy atom. The van der Waals surface area contributed by atoms with E-state index < -0.39 is 12.1 Å². The predicted octanol–water partition coefficient (Wildman–Crippen LogP) is 3.50. The van der Waals surface area contributed by atoms with E-state index in [0.717, 1.165) is 12.8 Å². The van der Waals surface area contributed by atoms with Gasteiger partial charge in [0.15, 0.2) is 0 Å². The zero-order valence-corrected chi connectivity index (χ0v) is 19.3. The highest BCUT2D eigenvalue weighted by atomic mass is 16.5. The second kappa shape index (κ2) is 12.5. The van der Waals surface area contributed by atoms with Crippen molar-refractivity contribution in [3.63, 3.8) is 0 Å². The summed E-state index contributed by atoms with van der Waals surface area (Å²) in [7, 11) is 0. The van der Waals surface area contributed by atoms with Crippen molar-refractivity contribution >= 4 is 23.7 Å². The molecule has 1 unspecified atom stereocenters. The van der Waals surface area contributed by atoms with Crippen LogP contribution in [0.4, 0.5) is 10.5 Å². The number of para-hydroxylation sites is 1. The van der Waals surface area contributed by atoms with E-state index >= 15 is 0 Å².